The molecular weight excluding hydrogens is 126 g/mol. The molecule has 0 atom stereocenters. The van der Waals surface area contributed by atoms with Gasteiger partial charge in [0.15, 0.2) is 0 Å². The summed E-state index contributed by atoms with van der Waals surface area (Å²) >= 11 is 0. The van der Waals surface area contributed by atoms with Gasteiger partial charge in [-0.25, -0.2) is 0 Å². The highest BCUT2D eigenvalue weighted by Crippen LogP contribution is 2.10. The van der Waals surface area contributed by atoms with E-state index in [2.05, 4.69) is 6.58 Å². The number of rotatable bonds is 1. The van der Waals surface area contributed by atoms with E-state index in [9.17, 15) is 0 Å². The summed E-state index contributed by atoms with van der Waals surface area (Å²) in [7, 11) is 0. The Kier molecular flexibility index (Phi) is 1.83. The number of hydrogen-bond donors (Lipinski definition) is 2. The van der Waals surface area contributed by atoms with Gasteiger partial charge in [0, 0.05) is 5.57 Å². The normalized spacial score (nSPS) is 17.5. The maximum Gasteiger partial charge on any atom is 0.0702 e. The lowest BCUT2D eigenvalue weighted by molar-refractivity contribution is 0.337. The third kappa shape index (κ3) is 1.22. The van der Waals surface area contributed by atoms with Crippen LogP contribution >= 0.6 is 0 Å². The van der Waals surface area contributed by atoms with Crippen molar-refractivity contribution in [1.29, 1.82) is 5.41 Å². The Hall–Kier alpha value is -1.15. The van der Waals surface area contributed by atoms with Gasteiger partial charge in [0.1, 0.15) is 0 Å². The van der Waals surface area contributed by atoms with Crippen LogP contribution in [0.3, 0.4) is 0 Å². The van der Waals surface area contributed by atoms with Crippen molar-refractivity contribution >= 4 is 5.71 Å². The minimum atomic E-state index is -0.0812. The molecule has 0 aliphatic heterocycles. The highest BCUT2D eigenvalue weighted by Gasteiger charge is 2.04. The zero-order chi connectivity index (χ0) is 7.56. The van der Waals surface area contributed by atoms with E-state index in [0.717, 1.165) is 5.57 Å². The van der Waals surface area contributed by atoms with Crippen LogP contribution in [0.5, 0.6) is 0 Å². The molecule has 0 aromatic rings. The first kappa shape index (κ1) is 6.96. The minimum Gasteiger partial charge on any atom is -0.392 e. The first-order valence-electron chi connectivity index (χ1n) is 3.01. The van der Waals surface area contributed by atoms with Crippen molar-refractivity contribution in [2.45, 2.75) is 0 Å². The maximum absolute atomic E-state index is 8.70. The molecule has 1 rings (SSSR count). The van der Waals surface area contributed by atoms with Gasteiger partial charge in [0.2, 0.25) is 0 Å². The summed E-state index contributed by atoms with van der Waals surface area (Å²) in [6, 6.07) is 0. The van der Waals surface area contributed by atoms with E-state index in [1.807, 2.05) is 0 Å². The predicted molar refractivity (Wildman–Crippen MR) is 41.2 cm³/mol. The summed E-state index contributed by atoms with van der Waals surface area (Å²) in [5.41, 5.74) is 1.84. The first-order valence-corrected chi connectivity index (χ1v) is 3.01. The summed E-state index contributed by atoms with van der Waals surface area (Å²) < 4.78 is 0. The van der Waals surface area contributed by atoms with Crippen molar-refractivity contribution in [2.75, 3.05) is 6.61 Å². The molecule has 0 amide bonds. The molecule has 2 N–H and O–H groups in total. The van der Waals surface area contributed by atoms with Crippen molar-refractivity contribution in [2.24, 2.45) is 0 Å². The van der Waals surface area contributed by atoms with E-state index in [-0.39, 0.29) is 6.61 Å². The summed E-state index contributed by atoms with van der Waals surface area (Å²) in [4.78, 5) is 0. The highest BCUT2D eigenvalue weighted by atomic mass is 16.3. The topological polar surface area (TPSA) is 44.1 Å². The van der Waals surface area contributed by atoms with Crippen LogP contribution in [0.25, 0.3) is 0 Å². The molecule has 0 saturated heterocycles. The number of aliphatic hydroxyl groups is 1. The molecule has 10 heavy (non-hydrogen) atoms. The van der Waals surface area contributed by atoms with Crippen LogP contribution in [0, 0.1) is 5.41 Å². The van der Waals surface area contributed by atoms with E-state index in [1.54, 1.807) is 18.2 Å². The fraction of sp³-hybridized carbons (Fsp3) is 0.125. The number of nitrogens with one attached hydrogen (secondary N) is 1. The Morgan fingerprint density at radius 2 is 2.20 bits per heavy atom. The van der Waals surface area contributed by atoms with Gasteiger partial charge < -0.3 is 10.5 Å². The second-order valence-electron chi connectivity index (χ2n) is 2.15. The van der Waals surface area contributed by atoms with Gasteiger partial charge in [-0.2, -0.15) is 0 Å². The number of allylic oxidation sites excluding steroid dienone is 4. The lowest BCUT2D eigenvalue weighted by atomic mass is 10.0. The first-order chi connectivity index (χ1) is 4.74. The van der Waals surface area contributed by atoms with Crippen LogP contribution < -0.4 is 0 Å². The molecule has 0 radical (unpaired) electrons. The van der Waals surface area contributed by atoms with Crippen LogP contribution in [0.4, 0.5) is 0 Å². The van der Waals surface area contributed by atoms with Gasteiger partial charge in [0.25, 0.3) is 0 Å². The third-order valence-electron chi connectivity index (χ3n) is 1.34. The lowest BCUT2D eigenvalue weighted by Gasteiger charge is -2.06. The van der Waals surface area contributed by atoms with Crippen LogP contribution in [0.2, 0.25) is 0 Å². The number of hydrogen-bond acceptors (Lipinski definition) is 2. The average Bonchev–Trinajstić information content (AvgIpc) is 1.94. The molecule has 0 saturated carbocycles. The average molecular weight is 135 g/mol. The van der Waals surface area contributed by atoms with Crippen molar-refractivity contribution in [3.05, 3.63) is 36.0 Å². The van der Waals surface area contributed by atoms with E-state index in [4.69, 9.17) is 10.5 Å². The SMILES string of the molecule is C=C1C=CC(=N)C(CO)=C1. The molecule has 2 heteroatoms. The van der Waals surface area contributed by atoms with Crippen LogP contribution in [0.1, 0.15) is 0 Å². The molecule has 0 aromatic heterocycles. The predicted octanol–water partition coefficient (Wildman–Crippen LogP) is 1.05. The minimum absolute atomic E-state index is 0.0812. The molecule has 1 aliphatic rings. The molecule has 0 heterocycles. The molecule has 0 bridgehead atoms. The maximum atomic E-state index is 8.70. The van der Waals surface area contributed by atoms with Gasteiger partial charge in [0.05, 0.1) is 12.3 Å². The molecule has 0 spiro atoms. The van der Waals surface area contributed by atoms with Gasteiger partial charge in [-0.1, -0.05) is 12.7 Å². The van der Waals surface area contributed by atoms with Gasteiger partial charge in [-0.05, 0) is 17.7 Å². The molecule has 52 valence electrons. The Balaban J connectivity index is 2.89. The molecule has 1 aliphatic carbocycles. The summed E-state index contributed by atoms with van der Waals surface area (Å²) in [6.07, 6.45) is 5.09. The van der Waals surface area contributed by atoms with Crippen molar-refractivity contribution in [1.82, 2.24) is 0 Å². The molecule has 0 fully saturated rings. The van der Waals surface area contributed by atoms with Crippen molar-refractivity contribution < 1.29 is 5.11 Å². The fourth-order valence-corrected chi connectivity index (χ4v) is 0.778. The van der Waals surface area contributed by atoms with Crippen molar-refractivity contribution in [3.8, 4) is 0 Å². The number of aliphatic hydroxyl groups excluding tert-OH is 1. The summed E-state index contributed by atoms with van der Waals surface area (Å²) in [5.74, 6) is 0. The van der Waals surface area contributed by atoms with E-state index in [1.165, 1.54) is 0 Å². The van der Waals surface area contributed by atoms with Crippen LogP contribution in [-0.2, 0) is 0 Å². The zero-order valence-corrected chi connectivity index (χ0v) is 5.59. The fourth-order valence-electron chi connectivity index (χ4n) is 0.778. The quantitative estimate of drug-likeness (QED) is 0.554. The second kappa shape index (κ2) is 2.62. The monoisotopic (exact) mass is 135 g/mol. The lowest BCUT2D eigenvalue weighted by Crippen LogP contribution is -2.05. The van der Waals surface area contributed by atoms with Gasteiger partial charge >= 0.3 is 0 Å². The van der Waals surface area contributed by atoms with Crippen molar-refractivity contribution in [3.63, 3.8) is 0 Å². The van der Waals surface area contributed by atoms with Gasteiger partial charge in [-0.15, -0.1) is 0 Å². The smallest absolute Gasteiger partial charge is 0.0702 e. The summed E-state index contributed by atoms with van der Waals surface area (Å²) in [6.45, 7) is 3.59. The van der Waals surface area contributed by atoms with Crippen LogP contribution in [0.15, 0.2) is 36.0 Å². The Morgan fingerprint density at radius 1 is 1.50 bits per heavy atom. The summed E-state index contributed by atoms with van der Waals surface area (Å²) in [5, 5.41) is 16.0. The van der Waals surface area contributed by atoms with E-state index >= 15 is 0 Å². The Labute approximate surface area is 59.7 Å². The van der Waals surface area contributed by atoms with Crippen LogP contribution in [-0.4, -0.2) is 17.4 Å². The molecule has 0 aromatic carbocycles. The standard InChI is InChI=1S/C8H9NO/c1-6-2-3-8(9)7(4-6)5-10/h2-4,9-10H,1,5H2. The zero-order valence-electron chi connectivity index (χ0n) is 5.59. The molecular formula is C8H9NO. The largest absolute Gasteiger partial charge is 0.392 e. The van der Waals surface area contributed by atoms with E-state index in [0.29, 0.717) is 11.3 Å². The molecule has 0 unspecified atom stereocenters. The second-order valence-corrected chi connectivity index (χ2v) is 2.15. The van der Waals surface area contributed by atoms with Gasteiger partial charge in [-0.3, -0.25) is 0 Å². The highest BCUT2D eigenvalue weighted by molar-refractivity contribution is 6.08. The van der Waals surface area contributed by atoms with E-state index < -0.39 is 0 Å². The Bertz CT molecular complexity index is 236. The molecule has 2 nitrogen and oxygen atoms in total. The Morgan fingerprint density at radius 3 is 2.70 bits per heavy atom. The third-order valence-corrected chi connectivity index (χ3v) is 1.34.